The Morgan fingerprint density at radius 2 is 1.77 bits per heavy atom. The number of nitrogens with zero attached hydrogens (tertiary/aromatic N) is 1. The highest BCUT2D eigenvalue weighted by atomic mass is 32.2. The van der Waals surface area contributed by atoms with E-state index in [1.165, 1.54) is 23.5 Å². The summed E-state index contributed by atoms with van der Waals surface area (Å²) in [5.41, 5.74) is 1.31. The van der Waals surface area contributed by atoms with E-state index in [1.54, 1.807) is 12.1 Å². The van der Waals surface area contributed by atoms with E-state index in [0.29, 0.717) is 10.7 Å². The number of hydrogen-bond acceptors (Lipinski definition) is 5. The monoisotopic (exact) mass is 332 g/mol. The first-order valence-electron chi connectivity index (χ1n) is 6.40. The molecule has 0 aliphatic heterocycles. The molecular formula is C15H12N2O3S2. The van der Waals surface area contributed by atoms with Crippen LogP contribution in [0.2, 0.25) is 0 Å². The van der Waals surface area contributed by atoms with Crippen LogP contribution in [0, 0.1) is 0 Å². The molecule has 1 N–H and O–H groups in total. The molecule has 3 rings (SSSR count). The molecule has 1 amide bonds. The Labute approximate surface area is 131 Å². The lowest BCUT2D eigenvalue weighted by Crippen LogP contribution is -2.11. The van der Waals surface area contributed by atoms with Gasteiger partial charge in [-0.15, -0.1) is 11.3 Å². The first-order valence-corrected chi connectivity index (χ1v) is 9.11. The molecule has 0 atom stereocenters. The highest BCUT2D eigenvalue weighted by molar-refractivity contribution is 7.90. The zero-order chi connectivity index (χ0) is 15.7. The molecule has 112 valence electrons. The van der Waals surface area contributed by atoms with Gasteiger partial charge in [0.2, 0.25) is 0 Å². The molecule has 1 heterocycles. The molecule has 0 unspecified atom stereocenters. The average Bonchev–Trinajstić information content (AvgIpc) is 2.91. The van der Waals surface area contributed by atoms with Crippen LogP contribution in [-0.4, -0.2) is 25.6 Å². The molecule has 0 fully saturated rings. The maximum atomic E-state index is 12.2. The van der Waals surface area contributed by atoms with Gasteiger partial charge in [-0.1, -0.05) is 12.1 Å². The lowest BCUT2D eigenvalue weighted by atomic mass is 10.3. The predicted octanol–water partition coefficient (Wildman–Crippen LogP) is 2.95. The van der Waals surface area contributed by atoms with Crippen LogP contribution in [0.15, 0.2) is 53.4 Å². The third-order valence-electron chi connectivity index (χ3n) is 3.03. The number of sulfone groups is 1. The average molecular weight is 332 g/mol. The number of para-hydroxylation sites is 1. The van der Waals surface area contributed by atoms with Crippen molar-refractivity contribution < 1.29 is 13.2 Å². The number of benzene rings is 2. The van der Waals surface area contributed by atoms with Gasteiger partial charge in [0.15, 0.2) is 14.8 Å². The second-order valence-electron chi connectivity index (χ2n) is 4.74. The zero-order valence-electron chi connectivity index (χ0n) is 11.6. The Balaban J connectivity index is 1.82. The molecule has 22 heavy (non-hydrogen) atoms. The number of rotatable bonds is 3. The summed E-state index contributed by atoms with van der Waals surface area (Å²) in [6, 6.07) is 13.6. The van der Waals surface area contributed by atoms with Gasteiger partial charge in [-0.3, -0.25) is 4.79 Å². The minimum atomic E-state index is -3.24. The van der Waals surface area contributed by atoms with Gasteiger partial charge in [-0.25, -0.2) is 13.4 Å². The highest BCUT2D eigenvalue weighted by Gasteiger charge is 2.13. The fourth-order valence-corrected chi connectivity index (χ4v) is 3.43. The molecule has 0 radical (unpaired) electrons. The summed E-state index contributed by atoms with van der Waals surface area (Å²) in [6.45, 7) is 0. The topological polar surface area (TPSA) is 76.1 Å². The number of amides is 1. The van der Waals surface area contributed by atoms with E-state index in [1.807, 2.05) is 24.3 Å². The van der Waals surface area contributed by atoms with Crippen LogP contribution in [0.3, 0.4) is 0 Å². The second kappa shape index (κ2) is 5.51. The molecule has 0 bridgehead atoms. The molecule has 0 aliphatic rings. The number of fused-ring (bicyclic) bond motifs is 1. The van der Waals surface area contributed by atoms with Crippen LogP contribution in [0.5, 0.6) is 0 Å². The van der Waals surface area contributed by atoms with Crippen LogP contribution >= 0.6 is 11.3 Å². The smallest absolute Gasteiger partial charge is 0.284 e. The van der Waals surface area contributed by atoms with Gasteiger partial charge in [0.25, 0.3) is 5.91 Å². The number of nitrogens with one attached hydrogen (secondary N) is 1. The number of carbonyl (C=O) groups excluding carboxylic acids is 1. The Kier molecular flexibility index (Phi) is 3.67. The fraction of sp³-hybridized carbons (Fsp3) is 0.0667. The van der Waals surface area contributed by atoms with Crippen molar-refractivity contribution in [3.8, 4) is 0 Å². The summed E-state index contributed by atoms with van der Waals surface area (Å²) >= 11 is 1.31. The van der Waals surface area contributed by atoms with E-state index in [4.69, 9.17) is 0 Å². The third kappa shape index (κ3) is 3.00. The van der Waals surface area contributed by atoms with Crippen molar-refractivity contribution in [1.82, 2.24) is 4.98 Å². The highest BCUT2D eigenvalue weighted by Crippen LogP contribution is 2.22. The summed E-state index contributed by atoms with van der Waals surface area (Å²) in [5, 5.41) is 3.08. The number of carbonyl (C=O) groups is 1. The molecule has 0 saturated carbocycles. The lowest BCUT2D eigenvalue weighted by molar-refractivity contribution is 0.102. The van der Waals surface area contributed by atoms with E-state index >= 15 is 0 Å². The van der Waals surface area contributed by atoms with Gasteiger partial charge >= 0.3 is 0 Å². The molecule has 0 saturated heterocycles. The summed E-state index contributed by atoms with van der Waals surface area (Å²) < 4.78 is 23.7. The molecule has 2 aromatic carbocycles. The fourth-order valence-electron chi connectivity index (χ4n) is 1.94. The minimum Gasteiger partial charge on any atom is -0.320 e. The number of anilines is 1. The second-order valence-corrected chi connectivity index (χ2v) is 7.78. The zero-order valence-corrected chi connectivity index (χ0v) is 13.2. The lowest BCUT2D eigenvalue weighted by Gasteiger charge is -2.04. The van der Waals surface area contributed by atoms with Gasteiger partial charge < -0.3 is 5.32 Å². The first kappa shape index (κ1) is 14.7. The van der Waals surface area contributed by atoms with Crippen LogP contribution in [0.25, 0.3) is 10.2 Å². The van der Waals surface area contributed by atoms with Gasteiger partial charge in [0, 0.05) is 11.9 Å². The van der Waals surface area contributed by atoms with Crippen LogP contribution in [-0.2, 0) is 9.84 Å². The minimum absolute atomic E-state index is 0.213. The van der Waals surface area contributed by atoms with Crippen molar-refractivity contribution in [3.05, 3.63) is 53.5 Å². The number of hydrogen-bond donors (Lipinski definition) is 1. The van der Waals surface area contributed by atoms with E-state index in [-0.39, 0.29) is 10.8 Å². The summed E-state index contributed by atoms with van der Waals surface area (Å²) in [7, 11) is -3.24. The molecule has 7 heteroatoms. The van der Waals surface area contributed by atoms with Crippen molar-refractivity contribution in [1.29, 1.82) is 0 Å². The van der Waals surface area contributed by atoms with Crippen LogP contribution in [0.4, 0.5) is 5.69 Å². The maximum absolute atomic E-state index is 12.2. The van der Waals surface area contributed by atoms with E-state index < -0.39 is 9.84 Å². The normalized spacial score (nSPS) is 11.5. The Bertz CT molecular complexity index is 911. The van der Waals surface area contributed by atoms with E-state index in [9.17, 15) is 13.2 Å². The number of thiazole rings is 1. The molecule has 0 spiro atoms. The molecule has 0 aliphatic carbocycles. The Hall–Kier alpha value is -2.25. The van der Waals surface area contributed by atoms with Gasteiger partial charge in [-0.2, -0.15) is 0 Å². The van der Waals surface area contributed by atoms with Crippen molar-refractivity contribution in [3.63, 3.8) is 0 Å². The molecular weight excluding hydrogens is 320 g/mol. The Morgan fingerprint density at radius 1 is 1.09 bits per heavy atom. The van der Waals surface area contributed by atoms with Gasteiger partial charge in [0.1, 0.15) is 0 Å². The predicted molar refractivity (Wildman–Crippen MR) is 87.1 cm³/mol. The molecule has 5 nitrogen and oxygen atoms in total. The van der Waals surface area contributed by atoms with Crippen molar-refractivity contribution >= 4 is 43.0 Å². The van der Waals surface area contributed by atoms with Gasteiger partial charge in [-0.05, 0) is 36.4 Å². The summed E-state index contributed by atoms with van der Waals surface area (Å²) in [6.07, 6.45) is 1.14. The van der Waals surface area contributed by atoms with Crippen molar-refractivity contribution in [2.75, 3.05) is 11.6 Å². The molecule has 1 aromatic heterocycles. The SMILES string of the molecule is CS(=O)(=O)c1ccc(NC(=O)c2nc3ccccc3s2)cc1. The standard InChI is InChI=1S/C15H12N2O3S2/c1-22(19,20)11-8-6-10(7-9-11)16-14(18)15-17-12-4-2-3-5-13(12)21-15/h2-9H,1H3,(H,16,18). The first-order chi connectivity index (χ1) is 10.4. The quantitative estimate of drug-likeness (QED) is 0.800. The number of aromatic nitrogens is 1. The van der Waals surface area contributed by atoms with Crippen molar-refractivity contribution in [2.24, 2.45) is 0 Å². The van der Waals surface area contributed by atoms with Crippen LogP contribution < -0.4 is 5.32 Å². The van der Waals surface area contributed by atoms with Gasteiger partial charge in [0.05, 0.1) is 15.1 Å². The van der Waals surface area contributed by atoms with E-state index in [2.05, 4.69) is 10.3 Å². The van der Waals surface area contributed by atoms with Crippen molar-refractivity contribution in [2.45, 2.75) is 4.90 Å². The van der Waals surface area contributed by atoms with Crippen LogP contribution in [0.1, 0.15) is 9.80 Å². The largest absolute Gasteiger partial charge is 0.320 e. The third-order valence-corrected chi connectivity index (χ3v) is 5.19. The maximum Gasteiger partial charge on any atom is 0.284 e. The summed E-state index contributed by atoms with van der Waals surface area (Å²) in [5.74, 6) is -0.312. The summed E-state index contributed by atoms with van der Waals surface area (Å²) in [4.78, 5) is 16.7. The molecule has 3 aromatic rings. The van der Waals surface area contributed by atoms with E-state index in [0.717, 1.165) is 16.5 Å². The Morgan fingerprint density at radius 3 is 2.41 bits per heavy atom.